The monoisotopic (exact) mass is 352 g/mol. The second-order valence-electron chi connectivity index (χ2n) is 7.40. The molecule has 2 fully saturated rings. The molecule has 0 radical (unpaired) electrons. The number of urea groups is 1. The van der Waals surface area contributed by atoms with E-state index in [9.17, 15) is 14.4 Å². The summed E-state index contributed by atoms with van der Waals surface area (Å²) in [5.74, 6) is 0.0472. The third-order valence-electron chi connectivity index (χ3n) is 5.64. The number of nitrogens with one attached hydrogen (secondary N) is 2. The molecular weight excluding hydrogens is 320 g/mol. The van der Waals surface area contributed by atoms with Crippen LogP contribution in [0.3, 0.4) is 0 Å². The Kier molecular flexibility index (Phi) is 6.81. The molecule has 1 aliphatic heterocycles. The van der Waals surface area contributed by atoms with Crippen LogP contribution in [-0.4, -0.2) is 47.4 Å². The van der Waals surface area contributed by atoms with E-state index in [0.29, 0.717) is 25.3 Å². The summed E-state index contributed by atoms with van der Waals surface area (Å²) in [4.78, 5) is 38.4. The van der Waals surface area contributed by atoms with Crippen molar-refractivity contribution in [2.24, 2.45) is 11.7 Å². The molecule has 1 spiro atoms. The van der Waals surface area contributed by atoms with E-state index in [1.807, 2.05) is 0 Å². The summed E-state index contributed by atoms with van der Waals surface area (Å²) < 4.78 is 0. The van der Waals surface area contributed by atoms with Gasteiger partial charge in [-0.1, -0.05) is 33.1 Å². The first-order valence-corrected chi connectivity index (χ1v) is 9.59. The number of hydrogen-bond acceptors (Lipinski definition) is 4. The van der Waals surface area contributed by atoms with Gasteiger partial charge in [0.05, 0.1) is 0 Å². The summed E-state index contributed by atoms with van der Waals surface area (Å²) in [6, 6.07) is -0.560. The number of rotatable bonds is 8. The van der Waals surface area contributed by atoms with Gasteiger partial charge < -0.3 is 16.4 Å². The highest BCUT2D eigenvalue weighted by atomic mass is 16.2. The molecule has 1 unspecified atom stereocenters. The molecule has 4 amide bonds. The van der Waals surface area contributed by atoms with Crippen molar-refractivity contribution >= 4 is 17.8 Å². The minimum atomic E-state index is -0.793. The normalized spacial score (nSPS) is 27.5. The minimum absolute atomic E-state index is 0.109. The van der Waals surface area contributed by atoms with Crippen molar-refractivity contribution in [3.63, 3.8) is 0 Å². The maximum absolute atomic E-state index is 12.8. The van der Waals surface area contributed by atoms with Crippen LogP contribution < -0.4 is 16.4 Å². The smallest absolute Gasteiger partial charge is 0.325 e. The maximum atomic E-state index is 12.8. The minimum Gasteiger partial charge on any atom is -0.351 e. The van der Waals surface area contributed by atoms with Crippen molar-refractivity contribution in [1.29, 1.82) is 0 Å². The number of carbonyl (C=O) groups excluding carboxylic acids is 3. The van der Waals surface area contributed by atoms with Crippen molar-refractivity contribution in [3.05, 3.63) is 0 Å². The Morgan fingerprint density at radius 1 is 1.36 bits per heavy atom. The number of nitrogens with two attached hydrogens (primary N) is 1. The Bertz CT molecular complexity index is 501. The van der Waals surface area contributed by atoms with Gasteiger partial charge in [-0.3, -0.25) is 14.5 Å². The summed E-state index contributed by atoms with van der Waals surface area (Å²) in [6.45, 7) is 4.36. The van der Waals surface area contributed by atoms with Crippen LogP contribution in [0.1, 0.15) is 65.2 Å². The molecule has 4 N–H and O–H groups in total. The van der Waals surface area contributed by atoms with Gasteiger partial charge in [0.2, 0.25) is 5.91 Å². The Morgan fingerprint density at radius 3 is 2.60 bits per heavy atom. The molecular formula is C18H32N4O3. The predicted molar refractivity (Wildman–Crippen MR) is 95.7 cm³/mol. The molecule has 1 aliphatic carbocycles. The zero-order valence-electron chi connectivity index (χ0n) is 15.5. The largest absolute Gasteiger partial charge is 0.351 e. The van der Waals surface area contributed by atoms with Crippen molar-refractivity contribution in [1.82, 2.24) is 15.5 Å². The van der Waals surface area contributed by atoms with Gasteiger partial charge in [-0.05, 0) is 38.0 Å². The van der Waals surface area contributed by atoms with E-state index in [0.717, 1.165) is 43.4 Å². The topological polar surface area (TPSA) is 105 Å². The van der Waals surface area contributed by atoms with E-state index in [-0.39, 0.29) is 24.4 Å². The Balaban J connectivity index is 1.93. The second-order valence-corrected chi connectivity index (χ2v) is 7.40. The first-order chi connectivity index (χ1) is 12.0. The lowest BCUT2D eigenvalue weighted by molar-refractivity contribution is -0.136. The van der Waals surface area contributed by atoms with Crippen LogP contribution >= 0.6 is 0 Å². The van der Waals surface area contributed by atoms with E-state index in [4.69, 9.17) is 5.73 Å². The molecule has 1 atom stereocenters. The predicted octanol–water partition coefficient (Wildman–Crippen LogP) is 1.51. The number of carbonyl (C=O) groups is 3. The molecule has 1 heterocycles. The van der Waals surface area contributed by atoms with Crippen LogP contribution in [0.5, 0.6) is 0 Å². The lowest BCUT2D eigenvalue weighted by Crippen LogP contribution is -2.50. The van der Waals surface area contributed by atoms with Crippen LogP contribution in [0.4, 0.5) is 4.79 Å². The lowest BCUT2D eigenvalue weighted by atomic mass is 9.75. The fourth-order valence-corrected chi connectivity index (χ4v) is 3.85. The lowest BCUT2D eigenvalue weighted by Gasteiger charge is -2.34. The van der Waals surface area contributed by atoms with Crippen LogP contribution in [0, 0.1) is 5.92 Å². The molecule has 2 aliphatic rings. The third-order valence-corrected chi connectivity index (χ3v) is 5.64. The van der Waals surface area contributed by atoms with Gasteiger partial charge in [-0.25, -0.2) is 4.79 Å². The van der Waals surface area contributed by atoms with Gasteiger partial charge in [0, 0.05) is 12.6 Å². The fraction of sp³-hybridized carbons (Fsp3) is 0.833. The first kappa shape index (κ1) is 19.7. The number of nitrogens with zero attached hydrogens (tertiary/aromatic N) is 1. The van der Waals surface area contributed by atoms with E-state index >= 15 is 0 Å². The van der Waals surface area contributed by atoms with Crippen molar-refractivity contribution < 1.29 is 14.4 Å². The van der Waals surface area contributed by atoms with E-state index in [2.05, 4.69) is 24.5 Å². The maximum Gasteiger partial charge on any atom is 0.325 e. The zero-order chi connectivity index (χ0) is 18.4. The molecule has 142 valence electrons. The molecule has 0 aromatic carbocycles. The van der Waals surface area contributed by atoms with E-state index in [1.165, 1.54) is 0 Å². The summed E-state index contributed by atoms with van der Waals surface area (Å²) in [6.07, 6.45) is 7.12. The Labute approximate surface area is 150 Å². The number of hydrogen-bond donors (Lipinski definition) is 3. The van der Waals surface area contributed by atoms with Gasteiger partial charge in [-0.15, -0.1) is 0 Å². The quantitative estimate of drug-likeness (QED) is 0.576. The zero-order valence-corrected chi connectivity index (χ0v) is 15.5. The summed E-state index contributed by atoms with van der Waals surface area (Å²) in [5, 5.41) is 5.69. The molecule has 2 rings (SSSR count). The van der Waals surface area contributed by atoms with Crippen LogP contribution in [-0.2, 0) is 9.59 Å². The standard InChI is InChI=1S/C18H32N4O3/c1-3-5-6-14(11-19)20-15(23)12-22-16(24)18(21-17(22)25)9-7-13(4-2)8-10-18/h13-14H,3-12,19H2,1-2H3,(H,20,23)(H,21,25). The van der Waals surface area contributed by atoms with E-state index in [1.54, 1.807) is 0 Å². The van der Waals surface area contributed by atoms with Gasteiger partial charge in [0.25, 0.3) is 5.91 Å². The molecule has 7 nitrogen and oxygen atoms in total. The summed E-state index contributed by atoms with van der Waals surface area (Å²) >= 11 is 0. The molecule has 0 aromatic rings. The average Bonchev–Trinajstić information content (AvgIpc) is 2.83. The molecule has 0 bridgehead atoms. The van der Waals surface area contributed by atoms with Crippen LogP contribution in [0.15, 0.2) is 0 Å². The molecule has 25 heavy (non-hydrogen) atoms. The van der Waals surface area contributed by atoms with Gasteiger partial charge in [0.1, 0.15) is 12.1 Å². The van der Waals surface area contributed by atoms with Crippen molar-refractivity contribution in [3.8, 4) is 0 Å². The Morgan fingerprint density at radius 2 is 2.04 bits per heavy atom. The molecule has 1 saturated carbocycles. The van der Waals surface area contributed by atoms with Gasteiger partial charge in [-0.2, -0.15) is 0 Å². The highest BCUT2D eigenvalue weighted by Crippen LogP contribution is 2.37. The van der Waals surface area contributed by atoms with Crippen LogP contribution in [0.2, 0.25) is 0 Å². The van der Waals surface area contributed by atoms with Gasteiger partial charge in [0.15, 0.2) is 0 Å². The highest BCUT2D eigenvalue weighted by Gasteiger charge is 2.52. The van der Waals surface area contributed by atoms with E-state index < -0.39 is 11.6 Å². The molecule has 0 aromatic heterocycles. The number of unbranched alkanes of at least 4 members (excludes halogenated alkanes) is 1. The molecule has 1 saturated heterocycles. The van der Waals surface area contributed by atoms with Crippen molar-refractivity contribution in [2.45, 2.75) is 76.8 Å². The fourth-order valence-electron chi connectivity index (χ4n) is 3.85. The highest BCUT2D eigenvalue weighted by molar-refractivity contribution is 6.09. The Hall–Kier alpha value is -1.63. The number of imide groups is 1. The van der Waals surface area contributed by atoms with Gasteiger partial charge >= 0.3 is 6.03 Å². The van der Waals surface area contributed by atoms with Crippen molar-refractivity contribution in [2.75, 3.05) is 13.1 Å². The average molecular weight is 352 g/mol. The first-order valence-electron chi connectivity index (χ1n) is 9.59. The third kappa shape index (κ3) is 4.51. The summed E-state index contributed by atoms with van der Waals surface area (Å²) in [7, 11) is 0. The number of amides is 4. The van der Waals surface area contributed by atoms with Crippen LogP contribution in [0.25, 0.3) is 0 Å². The second kappa shape index (κ2) is 8.65. The molecule has 7 heteroatoms. The SMILES string of the molecule is CCCCC(CN)NC(=O)CN1C(=O)NC2(CCC(CC)CC2)C1=O. The summed E-state index contributed by atoms with van der Waals surface area (Å²) in [5.41, 5.74) is 4.89.